The Balaban J connectivity index is 2.18. The number of rotatable bonds is 2. The minimum atomic E-state index is 0.258. The molecule has 90 valence electrons. The third kappa shape index (κ3) is 2.78. The Hall–Kier alpha value is -1.53. The summed E-state index contributed by atoms with van der Waals surface area (Å²) in [5, 5.41) is 12.2. The lowest BCUT2D eigenvalue weighted by atomic mass is 10.1. The van der Waals surface area contributed by atoms with E-state index >= 15 is 0 Å². The van der Waals surface area contributed by atoms with Crippen LogP contribution in [0.1, 0.15) is 29.5 Å². The third-order valence-electron chi connectivity index (χ3n) is 3.13. The predicted octanol–water partition coefficient (Wildman–Crippen LogP) is 2.31. The first-order valence-corrected chi connectivity index (χ1v) is 6.09. The molecule has 0 aliphatic carbocycles. The van der Waals surface area contributed by atoms with Crippen LogP contribution in [0.15, 0.2) is 12.1 Å². The SMILES string of the molecule is Cc1cc(C#N)cc(C)c1OC1CCCNC1. The molecular formula is C14H18N2O. The number of piperidine rings is 1. The fraction of sp³-hybridized carbons (Fsp3) is 0.500. The smallest absolute Gasteiger partial charge is 0.125 e. The highest BCUT2D eigenvalue weighted by atomic mass is 16.5. The second kappa shape index (κ2) is 5.20. The van der Waals surface area contributed by atoms with Gasteiger partial charge in [0.15, 0.2) is 0 Å². The van der Waals surface area contributed by atoms with Gasteiger partial charge in [-0.25, -0.2) is 0 Å². The van der Waals surface area contributed by atoms with Crippen LogP contribution in [0.25, 0.3) is 0 Å². The molecule has 1 heterocycles. The van der Waals surface area contributed by atoms with Gasteiger partial charge in [0, 0.05) is 6.54 Å². The fourth-order valence-corrected chi connectivity index (χ4v) is 2.29. The van der Waals surface area contributed by atoms with E-state index in [1.54, 1.807) is 0 Å². The standard InChI is InChI=1S/C14H18N2O/c1-10-6-12(8-15)7-11(2)14(10)17-13-4-3-5-16-9-13/h6-7,13,16H,3-5,9H2,1-2H3. The van der Waals surface area contributed by atoms with E-state index in [1.165, 1.54) is 6.42 Å². The Bertz CT molecular complexity index is 419. The maximum absolute atomic E-state index is 8.90. The molecule has 1 fully saturated rings. The van der Waals surface area contributed by atoms with Crippen LogP contribution < -0.4 is 10.1 Å². The number of nitrogens with one attached hydrogen (secondary N) is 1. The molecule has 17 heavy (non-hydrogen) atoms. The van der Waals surface area contributed by atoms with Crippen molar-refractivity contribution in [3.8, 4) is 11.8 Å². The summed E-state index contributed by atoms with van der Waals surface area (Å²) in [6.45, 7) is 6.00. The maximum Gasteiger partial charge on any atom is 0.125 e. The monoisotopic (exact) mass is 230 g/mol. The average Bonchev–Trinajstić information content (AvgIpc) is 2.35. The molecule has 0 aromatic heterocycles. The number of ether oxygens (including phenoxy) is 1. The van der Waals surface area contributed by atoms with Crippen LogP contribution in [-0.2, 0) is 0 Å². The molecule has 1 unspecified atom stereocenters. The summed E-state index contributed by atoms with van der Waals surface area (Å²) in [7, 11) is 0. The van der Waals surface area contributed by atoms with Crippen molar-refractivity contribution in [3.63, 3.8) is 0 Å². The molecule has 1 aromatic rings. The van der Waals surface area contributed by atoms with E-state index in [9.17, 15) is 0 Å². The van der Waals surface area contributed by atoms with Crippen LogP contribution >= 0.6 is 0 Å². The normalized spacial score (nSPS) is 19.7. The maximum atomic E-state index is 8.90. The molecule has 0 saturated carbocycles. The summed E-state index contributed by atoms with van der Waals surface area (Å²) in [6.07, 6.45) is 2.53. The lowest BCUT2D eigenvalue weighted by Crippen LogP contribution is -2.37. The average molecular weight is 230 g/mol. The minimum Gasteiger partial charge on any atom is -0.489 e. The van der Waals surface area contributed by atoms with Gasteiger partial charge < -0.3 is 10.1 Å². The largest absolute Gasteiger partial charge is 0.489 e. The van der Waals surface area contributed by atoms with Gasteiger partial charge in [0.25, 0.3) is 0 Å². The fourth-order valence-electron chi connectivity index (χ4n) is 2.29. The van der Waals surface area contributed by atoms with Crippen molar-refractivity contribution in [3.05, 3.63) is 28.8 Å². The zero-order chi connectivity index (χ0) is 12.3. The van der Waals surface area contributed by atoms with E-state index in [-0.39, 0.29) is 6.10 Å². The van der Waals surface area contributed by atoms with Crippen molar-refractivity contribution >= 4 is 0 Å². The van der Waals surface area contributed by atoms with Gasteiger partial charge >= 0.3 is 0 Å². The summed E-state index contributed by atoms with van der Waals surface area (Å²) in [5.41, 5.74) is 2.80. The quantitative estimate of drug-likeness (QED) is 0.848. The number of aryl methyl sites for hydroxylation is 2. The van der Waals surface area contributed by atoms with Crippen LogP contribution in [0.3, 0.4) is 0 Å². The van der Waals surface area contributed by atoms with E-state index in [0.29, 0.717) is 5.56 Å². The molecule has 2 rings (SSSR count). The summed E-state index contributed by atoms with van der Waals surface area (Å²) < 4.78 is 6.04. The zero-order valence-electron chi connectivity index (χ0n) is 10.4. The molecule has 0 spiro atoms. The van der Waals surface area contributed by atoms with E-state index in [1.807, 2.05) is 26.0 Å². The first-order valence-electron chi connectivity index (χ1n) is 6.09. The van der Waals surface area contributed by atoms with E-state index in [4.69, 9.17) is 10.00 Å². The minimum absolute atomic E-state index is 0.258. The van der Waals surface area contributed by atoms with Gasteiger partial charge in [-0.15, -0.1) is 0 Å². The van der Waals surface area contributed by atoms with Gasteiger partial charge in [0.05, 0.1) is 11.6 Å². The van der Waals surface area contributed by atoms with Crippen LogP contribution in [-0.4, -0.2) is 19.2 Å². The summed E-state index contributed by atoms with van der Waals surface area (Å²) in [4.78, 5) is 0. The van der Waals surface area contributed by atoms with Crippen LogP contribution in [0.5, 0.6) is 5.75 Å². The number of benzene rings is 1. The first-order chi connectivity index (χ1) is 8.20. The van der Waals surface area contributed by atoms with Crippen molar-refractivity contribution in [2.24, 2.45) is 0 Å². The van der Waals surface area contributed by atoms with Gasteiger partial charge in [-0.3, -0.25) is 0 Å². The van der Waals surface area contributed by atoms with Gasteiger partial charge in [0.1, 0.15) is 11.9 Å². The molecule has 3 heteroatoms. The second-order valence-electron chi connectivity index (χ2n) is 4.64. The van der Waals surface area contributed by atoms with Gasteiger partial charge in [-0.1, -0.05) is 0 Å². The molecule has 1 aromatic carbocycles. The summed E-state index contributed by atoms with van der Waals surface area (Å²) >= 11 is 0. The highest BCUT2D eigenvalue weighted by molar-refractivity contribution is 5.47. The lowest BCUT2D eigenvalue weighted by molar-refractivity contribution is 0.165. The molecular weight excluding hydrogens is 212 g/mol. The molecule has 1 N–H and O–H groups in total. The number of nitrogens with zero attached hydrogens (tertiary/aromatic N) is 1. The van der Waals surface area contributed by atoms with Crippen molar-refractivity contribution < 1.29 is 4.74 Å². The predicted molar refractivity (Wildman–Crippen MR) is 67.2 cm³/mol. The number of hydrogen-bond donors (Lipinski definition) is 1. The molecule has 1 aliphatic rings. The van der Waals surface area contributed by atoms with Gasteiger partial charge in [-0.05, 0) is 56.5 Å². The second-order valence-corrected chi connectivity index (χ2v) is 4.64. The van der Waals surface area contributed by atoms with E-state index in [0.717, 1.165) is 36.4 Å². The van der Waals surface area contributed by atoms with Crippen LogP contribution in [0.2, 0.25) is 0 Å². The zero-order valence-corrected chi connectivity index (χ0v) is 10.4. The number of hydrogen-bond acceptors (Lipinski definition) is 3. The summed E-state index contributed by atoms with van der Waals surface area (Å²) in [6, 6.07) is 5.95. The van der Waals surface area contributed by atoms with Crippen molar-refractivity contribution in [2.75, 3.05) is 13.1 Å². The Morgan fingerprint density at radius 1 is 1.35 bits per heavy atom. The Kier molecular flexibility index (Phi) is 3.65. The Morgan fingerprint density at radius 3 is 2.59 bits per heavy atom. The molecule has 1 aliphatic heterocycles. The summed E-state index contributed by atoms with van der Waals surface area (Å²) in [5.74, 6) is 0.942. The van der Waals surface area contributed by atoms with E-state index in [2.05, 4.69) is 11.4 Å². The highest BCUT2D eigenvalue weighted by Crippen LogP contribution is 2.26. The highest BCUT2D eigenvalue weighted by Gasteiger charge is 2.16. The molecule has 3 nitrogen and oxygen atoms in total. The lowest BCUT2D eigenvalue weighted by Gasteiger charge is -2.25. The first kappa shape index (κ1) is 11.9. The Labute approximate surface area is 102 Å². The molecule has 1 atom stereocenters. The Morgan fingerprint density at radius 2 is 2.06 bits per heavy atom. The number of nitriles is 1. The molecule has 0 radical (unpaired) electrons. The van der Waals surface area contributed by atoms with Crippen molar-refractivity contribution in [2.45, 2.75) is 32.8 Å². The molecule has 0 bridgehead atoms. The van der Waals surface area contributed by atoms with Crippen LogP contribution in [0.4, 0.5) is 0 Å². The van der Waals surface area contributed by atoms with Crippen LogP contribution in [0, 0.1) is 25.2 Å². The molecule has 0 amide bonds. The van der Waals surface area contributed by atoms with Crippen molar-refractivity contribution in [1.29, 1.82) is 5.26 Å². The third-order valence-corrected chi connectivity index (χ3v) is 3.13. The topological polar surface area (TPSA) is 45.0 Å². The van der Waals surface area contributed by atoms with Crippen molar-refractivity contribution in [1.82, 2.24) is 5.32 Å². The van der Waals surface area contributed by atoms with Gasteiger partial charge in [0.2, 0.25) is 0 Å². The van der Waals surface area contributed by atoms with Gasteiger partial charge in [-0.2, -0.15) is 5.26 Å². The van der Waals surface area contributed by atoms with E-state index < -0.39 is 0 Å². The molecule has 1 saturated heterocycles.